The van der Waals surface area contributed by atoms with Crippen LogP contribution in [0.5, 0.6) is 0 Å². The van der Waals surface area contributed by atoms with Crippen LogP contribution < -0.4 is 5.32 Å². The molecule has 0 spiro atoms. The van der Waals surface area contributed by atoms with Gasteiger partial charge in [0.05, 0.1) is 6.04 Å². The van der Waals surface area contributed by atoms with Crippen molar-refractivity contribution in [1.29, 1.82) is 0 Å². The second kappa shape index (κ2) is 7.45. The van der Waals surface area contributed by atoms with Gasteiger partial charge in [-0.05, 0) is 43.7 Å². The van der Waals surface area contributed by atoms with Gasteiger partial charge in [0.15, 0.2) is 0 Å². The normalized spacial score (nSPS) is 33.2. The maximum atomic E-state index is 13.6. The molecule has 2 aliphatic heterocycles. The highest BCUT2D eigenvalue weighted by atomic mass is 35.5. The topological polar surface area (TPSA) is 58.1 Å². The molecule has 5 atom stereocenters. The predicted molar refractivity (Wildman–Crippen MR) is 110 cm³/mol. The van der Waals surface area contributed by atoms with Gasteiger partial charge in [0, 0.05) is 29.7 Å². The Morgan fingerprint density at radius 3 is 2.82 bits per heavy atom. The molecule has 2 aromatic rings. The third-order valence-electron chi connectivity index (χ3n) is 7.08. The molecule has 0 radical (unpaired) electrons. The van der Waals surface area contributed by atoms with E-state index < -0.39 is 0 Å². The quantitative estimate of drug-likeness (QED) is 0.862. The van der Waals surface area contributed by atoms with E-state index in [4.69, 9.17) is 0 Å². The lowest BCUT2D eigenvalue weighted by Crippen LogP contribution is -2.62. The number of likely N-dealkylation sites (tertiary alicyclic amines) is 1. The number of rotatable bonds is 3. The first-order valence-electron chi connectivity index (χ1n) is 10.1. The van der Waals surface area contributed by atoms with Crippen LogP contribution in [-0.4, -0.2) is 44.9 Å². The van der Waals surface area contributed by atoms with Crippen molar-refractivity contribution in [3.63, 3.8) is 0 Å². The van der Waals surface area contributed by atoms with Crippen LogP contribution in [0.4, 0.5) is 0 Å². The minimum absolute atomic E-state index is 0. The summed E-state index contributed by atoms with van der Waals surface area (Å²) in [6, 6.07) is 13.6. The maximum Gasteiger partial charge on any atom is 0.273 e. The fourth-order valence-corrected chi connectivity index (χ4v) is 5.82. The Morgan fingerprint density at radius 1 is 1.25 bits per heavy atom. The van der Waals surface area contributed by atoms with Crippen LogP contribution in [-0.2, 0) is 6.42 Å². The molecule has 3 heterocycles. The second-order valence-electron chi connectivity index (χ2n) is 8.55. The zero-order chi connectivity index (χ0) is 18.4. The Morgan fingerprint density at radius 2 is 2.07 bits per heavy atom. The van der Waals surface area contributed by atoms with Crippen molar-refractivity contribution < 1.29 is 4.79 Å². The average molecular weight is 399 g/mol. The van der Waals surface area contributed by atoms with Crippen molar-refractivity contribution in [2.75, 3.05) is 0 Å². The lowest BCUT2D eigenvalue weighted by Gasteiger charge is -2.53. The van der Waals surface area contributed by atoms with Gasteiger partial charge in [0.25, 0.3) is 5.91 Å². The molecule has 1 aromatic carbocycles. The number of amides is 1. The van der Waals surface area contributed by atoms with E-state index in [-0.39, 0.29) is 35.8 Å². The molecule has 1 aromatic heterocycles. The molecule has 5 rings (SSSR count). The molecule has 5 nitrogen and oxygen atoms in total. The van der Waals surface area contributed by atoms with Gasteiger partial charge in [-0.3, -0.25) is 4.79 Å². The summed E-state index contributed by atoms with van der Waals surface area (Å²) in [5.41, 5.74) is 1.96. The smallest absolute Gasteiger partial charge is 0.273 e. The molecule has 1 aliphatic carbocycles. The number of nitrogens with zero attached hydrogens (tertiary/aromatic N) is 3. The number of hydrogen-bond acceptors (Lipinski definition) is 4. The fraction of sp³-hybridized carbons (Fsp3) is 0.500. The van der Waals surface area contributed by atoms with Crippen LogP contribution in [0.1, 0.15) is 48.7 Å². The number of piperidine rings is 1. The lowest BCUT2D eigenvalue weighted by atomic mass is 9.64. The van der Waals surface area contributed by atoms with Gasteiger partial charge in [-0.15, -0.1) is 12.4 Å². The van der Waals surface area contributed by atoms with Gasteiger partial charge in [0.2, 0.25) is 0 Å². The Kier molecular flexibility index (Phi) is 5.15. The summed E-state index contributed by atoms with van der Waals surface area (Å²) in [6.45, 7) is 2.38. The molecule has 0 unspecified atom stereocenters. The summed E-state index contributed by atoms with van der Waals surface area (Å²) in [6.07, 6.45) is 8.66. The highest BCUT2D eigenvalue weighted by Gasteiger charge is 2.60. The highest BCUT2D eigenvalue weighted by molar-refractivity contribution is 5.93. The Hall–Kier alpha value is -1.98. The summed E-state index contributed by atoms with van der Waals surface area (Å²) < 4.78 is 0. The number of carbonyl (C=O) groups excluding carboxylic acids is 1. The van der Waals surface area contributed by atoms with Gasteiger partial charge in [-0.2, -0.15) is 0 Å². The predicted octanol–water partition coefficient (Wildman–Crippen LogP) is 3.25. The zero-order valence-corrected chi connectivity index (χ0v) is 16.9. The number of halogens is 1. The molecule has 28 heavy (non-hydrogen) atoms. The number of carbonyl (C=O) groups is 1. The third kappa shape index (κ3) is 3.01. The summed E-state index contributed by atoms with van der Waals surface area (Å²) >= 11 is 0. The van der Waals surface area contributed by atoms with Crippen molar-refractivity contribution in [3.05, 3.63) is 60.2 Å². The zero-order valence-electron chi connectivity index (χ0n) is 16.1. The van der Waals surface area contributed by atoms with Crippen molar-refractivity contribution >= 4 is 18.3 Å². The number of hydrogen-bond donors (Lipinski definition) is 1. The van der Waals surface area contributed by atoms with Crippen molar-refractivity contribution in [2.24, 2.45) is 5.41 Å². The summed E-state index contributed by atoms with van der Waals surface area (Å²) in [4.78, 5) is 24.0. The van der Waals surface area contributed by atoms with E-state index in [1.807, 2.05) is 6.07 Å². The van der Waals surface area contributed by atoms with Crippen LogP contribution in [0.3, 0.4) is 0 Å². The molecule has 148 valence electrons. The third-order valence-corrected chi connectivity index (χ3v) is 7.08. The van der Waals surface area contributed by atoms with E-state index in [0.717, 1.165) is 19.3 Å². The minimum atomic E-state index is 0. The van der Waals surface area contributed by atoms with Crippen LogP contribution in [0, 0.1) is 5.41 Å². The number of aromatic nitrogens is 2. The Balaban J connectivity index is 0.00000192. The van der Waals surface area contributed by atoms with Crippen LogP contribution in [0.15, 0.2) is 48.9 Å². The molecule has 6 heteroatoms. The molecule has 2 bridgehead atoms. The molecule has 1 N–H and O–H groups in total. The summed E-state index contributed by atoms with van der Waals surface area (Å²) in [5, 5.41) is 3.90. The first-order valence-corrected chi connectivity index (χ1v) is 10.1. The van der Waals surface area contributed by atoms with E-state index >= 15 is 0 Å². The molecule has 3 aliphatic rings. The van der Waals surface area contributed by atoms with Crippen LogP contribution >= 0.6 is 12.4 Å². The minimum Gasteiger partial charge on any atom is -0.329 e. The van der Waals surface area contributed by atoms with Crippen molar-refractivity contribution in [3.8, 4) is 0 Å². The van der Waals surface area contributed by atoms with E-state index in [0.29, 0.717) is 17.8 Å². The molecule has 1 saturated carbocycles. The summed E-state index contributed by atoms with van der Waals surface area (Å²) in [5.74, 6) is 0.0589. The average Bonchev–Trinajstić information content (AvgIpc) is 3.05. The Bertz CT molecular complexity index is 833. The number of fused-ring (bicyclic) bond motifs is 1. The SMILES string of the molecule is C[C@]12C[C@@H]3N[C@H]1CCC[C@H]2N(C(=O)c1ccncn1)[C@H]3Cc1ccccc1.Cl. The summed E-state index contributed by atoms with van der Waals surface area (Å²) in [7, 11) is 0. The molecule has 2 saturated heterocycles. The van der Waals surface area contributed by atoms with E-state index in [1.165, 1.54) is 24.7 Å². The van der Waals surface area contributed by atoms with Gasteiger partial charge in [-0.25, -0.2) is 9.97 Å². The number of benzene rings is 1. The first-order chi connectivity index (χ1) is 13.2. The molecule has 3 fully saturated rings. The molecular weight excluding hydrogens is 372 g/mol. The molecular formula is C22H27ClN4O. The second-order valence-corrected chi connectivity index (χ2v) is 8.55. The number of nitrogens with one attached hydrogen (secondary N) is 1. The Labute approximate surface area is 172 Å². The first kappa shape index (κ1) is 19.3. The monoisotopic (exact) mass is 398 g/mol. The van der Waals surface area contributed by atoms with Crippen LogP contribution in [0.25, 0.3) is 0 Å². The van der Waals surface area contributed by atoms with E-state index in [1.54, 1.807) is 12.3 Å². The molecule has 1 amide bonds. The fourth-order valence-electron chi connectivity index (χ4n) is 5.82. The standard InChI is InChI=1S/C22H26N4O.ClH/c1-22-13-17-18(12-15-6-3-2-4-7-15)26(20(22)9-5-8-19(22)25-17)21(27)16-10-11-23-14-24-16;/h2-4,6-7,10-11,14,17-20,25H,5,8-9,12-13H2,1H3;1H/t17-,18-,19-,20+,22-;/m0./s1. The maximum absolute atomic E-state index is 13.6. The van der Waals surface area contributed by atoms with Gasteiger partial charge in [0.1, 0.15) is 12.0 Å². The van der Waals surface area contributed by atoms with E-state index in [9.17, 15) is 4.79 Å². The van der Waals surface area contributed by atoms with Gasteiger partial charge < -0.3 is 10.2 Å². The largest absolute Gasteiger partial charge is 0.329 e. The highest BCUT2D eigenvalue weighted by Crippen LogP contribution is 2.52. The van der Waals surface area contributed by atoms with Crippen molar-refractivity contribution in [2.45, 2.75) is 63.2 Å². The lowest BCUT2D eigenvalue weighted by molar-refractivity contribution is -0.0115. The van der Waals surface area contributed by atoms with Gasteiger partial charge >= 0.3 is 0 Å². The van der Waals surface area contributed by atoms with E-state index in [2.05, 4.69) is 51.4 Å². The van der Waals surface area contributed by atoms with Crippen molar-refractivity contribution in [1.82, 2.24) is 20.2 Å². The van der Waals surface area contributed by atoms with Gasteiger partial charge in [-0.1, -0.05) is 37.3 Å². The van der Waals surface area contributed by atoms with Crippen LogP contribution in [0.2, 0.25) is 0 Å².